The van der Waals surface area contributed by atoms with Crippen molar-refractivity contribution in [3.05, 3.63) is 11.6 Å². The van der Waals surface area contributed by atoms with Crippen LogP contribution in [-0.4, -0.2) is 97.6 Å². The van der Waals surface area contributed by atoms with Gasteiger partial charge in [-0.05, 0) is 81.7 Å². The van der Waals surface area contributed by atoms with E-state index in [2.05, 4.69) is 109 Å². The molecule has 0 aliphatic carbocycles. The van der Waals surface area contributed by atoms with Gasteiger partial charge in [0, 0.05) is 64.9 Å². The Hall–Kier alpha value is -0.420. The standard InChI is InChI=1S/C12H25N.C12H23N.C11H24N2.4CH4/c2*1-10(2)9-13-7-5-12(6-8-13)11(3)4;1-10(2)9-12-5-7-13(8-6-12)11(3)4;;;;/h10-12H,5-9H2,1-4H3;5,10-11H,6-9H2,1-4H3;10-11H,5-9H2,1-4H3;4*1H4. The summed E-state index contributed by atoms with van der Waals surface area (Å²) in [5.41, 5.74) is 1.65. The first-order valence-electron chi connectivity index (χ1n) is 16.9. The van der Waals surface area contributed by atoms with Gasteiger partial charge in [0.15, 0.2) is 0 Å². The zero-order chi connectivity index (χ0) is 29.5. The van der Waals surface area contributed by atoms with Crippen molar-refractivity contribution in [3.8, 4) is 0 Å². The Morgan fingerprint density at radius 1 is 0.558 bits per heavy atom. The molecule has 4 nitrogen and oxygen atoms in total. The lowest BCUT2D eigenvalue weighted by atomic mass is 9.86. The fourth-order valence-electron chi connectivity index (χ4n) is 6.23. The highest BCUT2D eigenvalue weighted by atomic mass is 15.3. The van der Waals surface area contributed by atoms with Crippen LogP contribution in [0.3, 0.4) is 0 Å². The Morgan fingerprint density at radius 3 is 1.30 bits per heavy atom. The van der Waals surface area contributed by atoms with E-state index in [0.717, 1.165) is 41.5 Å². The topological polar surface area (TPSA) is 13.0 Å². The maximum Gasteiger partial charge on any atom is 0.0166 e. The Balaban J connectivity index is -0.000000253. The molecule has 3 aliphatic rings. The van der Waals surface area contributed by atoms with Gasteiger partial charge in [0.25, 0.3) is 0 Å². The van der Waals surface area contributed by atoms with Crippen molar-refractivity contribution in [2.75, 3.05) is 72.0 Å². The number of piperazine rings is 1. The minimum absolute atomic E-state index is 0. The van der Waals surface area contributed by atoms with Crippen LogP contribution in [0.2, 0.25) is 0 Å². The molecule has 0 bridgehead atoms. The number of rotatable bonds is 9. The van der Waals surface area contributed by atoms with Crippen LogP contribution in [0, 0.1) is 35.5 Å². The Morgan fingerprint density at radius 2 is 0.977 bits per heavy atom. The van der Waals surface area contributed by atoms with E-state index in [4.69, 9.17) is 0 Å². The van der Waals surface area contributed by atoms with E-state index in [-0.39, 0.29) is 29.7 Å². The van der Waals surface area contributed by atoms with E-state index in [0.29, 0.717) is 0 Å². The molecule has 3 aliphatic heterocycles. The molecular weight excluding hydrogens is 524 g/mol. The van der Waals surface area contributed by atoms with Crippen molar-refractivity contribution in [2.24, 2.45) is 35.5 Å². The van der Waals surface area contributed by atoms with Gasteiger partial charge in [0.2, 0.25) is 0 Å². The average molecular weight is 613 g/mol. The molecule has 0 aromatic heterocycles. The molecule has 264 valence electrons. The molecule has 0 radical (unpaired) electrons. The number of likely N-dealkylation sites (tertiary alicyclic amines) is 1. The molecule has 0 amide bonds. The van der Waals surface area contributed by atoms with Crippen LogP contribution in [-0.2, 0) is 0 Å². The molecule has 3 heterocycles. The van der Waals surface area contributed by atoms with Gasteiger partial charge in [-0.25, -0.2) is 0 Å². The van der Waals surface area contributed by atoms with Crippen molar-refractivity contribution in [2.45, 2.75) is 138 Å². The van der Waals surface area contributed by atoms with Gasteiger partial charge >= 0.3 is 0 Å². The number of hydrogen-bond donors (Lipinski definition) is 0. The van der Waals surface area contributed by atoms with Gasteiger partial charge in [-0.15, -0.1) is 0 Å². The monoisotopic (exact) mass is 613 g/mol. The fraction of sp³-hybridized carbons (Fsp3) is 0.949. The molecular formula is C39H88N4. The van der Waals surface area contributed by atoms with Crippen LogP contribution in [0.5, 0.6) is 0 Å². The summed E-state index contributed by atoms with van der Waals surface area (Å²) in [4.78, 5) is 10.3. The van der Waals surface area contributed by atoms with Gasteiger partial charge in [0.05, 0.1) is 0 Å². The molecule has 2 fully saturated rings. The number of hydrogen-bond acceptors (Lipinski definition) is 4. The Kier molecular flexibility index (Phi) is 30.8. The van der Waals surface area contributed by atoms with Crippen LogP contribution >= 0.6 is 0 Å². The maximum absolute atomic E-state index is 2.63. The highest BCUT2D eigenvalue weighted by molar-refractivity contribution is 5.09. The lowest BCUT2D eigenvalue weighted by molar-refractivity contribution is 0.100. The van der Waals surface area contributed by atoms with E-state index in [1.54, 1.807) is 5.57 Å². The van der Waals surface area contributed by atoms with E-state index < -0.39 is 0 Å². The minimum atomic E-state index is 0. The zero-order valence-corrected chi connectivity index (χ0v) is 28.8. The molecule has 0 unspecified atom stereocenters. The molecule has 4 heteroatoms. The van der Waals surface area contributed by atoms with Crippen molar-refractivity contribution in [1.82, 2.24) is 19.6 Å². The fourth-order valence-corrected chi connectivity index (χ4v) is 6.23. The maximum atomic E-state index is 2.63. The van der Waals surface area contributed by atoms with Crippen LogP contribution in [0.15, 0.2) is 11.6 Å². The lowest BCUT2D eigenvalue weighted by Crippen LogP contribution is -2.49. The quantitative estimate of drug-likeness (QED) is 0.240. The first-order valence-corrected chi connectivity index (χ1v) is 16.9. The first-order chi connectivity index (χ1) is 18.3. The summed E-state index contributed by atoms with van der Waals surface area (Å²) in [5.74, 6) is 5.07. The van der Waals surface area contributed by atoms with E-state index in [9.17, 15) is 0 Å². The average Bonchev–Trinajstić information content (AvgIpc) is 2.85. The summed E-state index contributed by atoms with van der Waals surface area (Å²) in [6.45, 7) is 41.7. The number of piperidine rings is 1. The van der Waals surface area contributed by atoms with Crippen LogP contribution in [0.1, 0.15) is 132 Å². The van der Waals surface area contributed by atoms with Crippen LogP contribution in [0.25, 0.3) is 0 Å². The van der Waals surface area contributed by atoms with Gasteiger partial charge in [-0.2, -0.15) is 0 Å². The second-order valence-corrected chi connectivity index (χ2v) is 14.9. The van der Waals surface area contributed by atoms with Gasteiger partial charge in [0.1, 0.15) is 0 Å². The first kappa shape index (κ1) is 49.5. The second-order valence-electron chi connectivity index (χ2n) is 14.9. The van der Waals surface area contributed by atoms with Crippen molar-refractivity contribution >= 4 is 0 Å². The van der Waals surface area contributed by atoms with Gasteiger partial charge < -0.3 is 9.80 Å². The predicted molar refractivity (Wildman–Crippen MR) is 203 cm³/mol. The van der Waals surface area contributed by atoms with E-state index in [1.165, 1.54) is 91.3 Å². The molecule has 43 heavy (non-hydrogen) atoms. The van der Waals surface area contributed by atoms with Crippen molar-refractivity contribution in [3.63, 3.8) is 0 Å². The largest absolute Gasteiger partial charge is 0.303 e. The van der Waals surface area contributed by atoms with Gasteiger partial charge in [-0.1, -0.05) is 111 Å². The normalized spacial score (nSPS) is 19.1. The third-order valence-electron chi connectivity index (χ3n) is 8.65. The summed E-state index contributed by atoms with van der Waals surface area (Å²) in [6, 6.07) is 0.723. The summed E-state index contributed by atoms with van der Waals surface area (Å²) in [6.07, 6.45) is 6.55. The van der Waals surface area contributed by atoms with Gasteiger partial charge in [-0.3, -0.25) is 9.80 Å². The highest BCUT2D eigenvalue weighted by Crippen LogP contribution is 2.24. The molecule has 0 atom stereocenters. The zero-order valence-electron chi connectivity index (χ0n) is 28.8. The van der Waals surface area contributed by atoms with Crippen LogP contribution in [0.4, 0.5) is 0 Å². The van der Waals surface area contributed by atoms with Crippen molar-refractivity contribution < 1.29 is 0 Å². The smallest absolute Gasteiger partial charge is 0.0166 e. The SMILES string of the molecule is C.C.C.C.CC(C)CN1CC=C(C(C)C)CC1.CC(C)CN1CCC(C(C)C)CC1.CC(C)CN1CCN(C(C)C)CC1. The van der Waals surface area contributed by atoms with Crippen LogP contribution < -0.4 is 0 Å². The molecule has 0 aromatic carbocycles. The molecule has 2 saturated heterocycles. The van der Waals surface area contributed by atoms with E-state index in [1.807, 2.05) is 0 Å². The number of nitrogens with zero attached hydrogens (tertiary/aromatic N) is 4. The lowest BCUT2D eigenvalue weighted by Gasteiger charge is -2.37. The molecule has 3 rings (SSSR count). The summed E-state index contributed by atoms with van der Waals surface area (Å²) < 4.78 is 0. The van der Waals surface area contributed by atoms with E-state index >= 15 is 0 Å². The predicted octanol–water partition coefficient (Wildman–Crippen LogP) is 10.2. The Bertz CT molecular complexity index is 587. The third kappa shape index (κ3) is 22.7. The molecule has 0 aromatic rings. The van der Waals surface area contributed by atoms with Crippen molar-refractivity contribution in [1.29, 1.82) is 0 Å². The minimum Gasteiger partial charge on any atom is -0.303 e. The second kappa shape index (κ2) is 26.8. The Labute approximate surface area is 276 Å². The summed E-state index contributed by atoms with van der Waals surface area (Å²) in [7, 11) is 0. The molecule has 0 N–H and O–H groups in total. The molecule has 0 spiro atoms. The highest BCUT2D eigenvalue weighted by Gasteiger charge is 2.21. The molecule has 0 saturated carbocycles. The third-order valence-corrected chi connectivity index (χ3v) is 8.65. The summed E-state index contributed by atoms with van der Waals surface area (Å²) >= 11 is 0. The summed E-state index contributed by atoms with van der Waals surface area (Å²) in [5, 5.41) is 0.